The fraction of sp³-hybridized carbons (Fsp3) is 0.111. The van der Waals surface area contributed by atoms with Gasteiger partial charge in [0.25, 0.3) is 0 Å². The molecule has 0 amide bonds. The first kappa shape index (κ1) is 13.4. The van der Waals surface area contributed by atoms with Gasteiger partial charge in [-0.1, -0.05) is 30.3 Å². The molecule has 1 heterocycles. The van der Waals surface area contributed by atoms with E-state index in [9.17, 15) is 9.18 Å². The van der Waals surface area contributed by atoms with Crippen LogP contribution in [0.1, 0.15) is 21.6 Å². The third kappa shape index (κ3) is 2.82. The molecule has 0 bridgehead atoms. The van der Waals surface area contributed by atoms with Gasteiger partial charge < -0.3 is 0 Å². The van der Waals surface area contributed by atoms with E-state index >= 15 is 0 Å². The molecular weight excluding hydrogens is 265 g/mol. The number of Topliss-reactive ketones (excluding diaryl/α,β-unsaturated/α-hetero) is 1. The average Bonchev–Trinajstić information content (AvgIpc) is 2.47. The quantitative estimate of drug-likeness (QED) is 0.675. The lowest BCUT2D eigenvalue weighted by Crippen LogP contribution is -2.07. The molecule has 0 radical (unpaired) electrons. The standard InChI is InChI=1S/C18H14FNO/c1-12-6-9-15(16(19)10-12)18(21)11-14-8-7-13-4-2-3-5-17(13)20-14/h2-10H,11H2,1H3. The number of benzene rings is 2. The number of hydrogen-bond donors (Lipinski definition) is 0. The number of para-hydroxylation sites is 1. The van der Waals surface area contributed by atoms with Crippen molar-refractivity contribution in [3.05, 3.63) is 77.2 Å². The number of ketones is 1. The topological polar surface area (TPSA) is 30.0 Å². The molecule has 1 aromatic heterocycles. The summed E-state index contributed by atoms with van der Waals surface area (Å²) >= 11 is 0. The van der Waals surface area contributed by atoms with E-state index in [1.165, 1.54) is 12.1 Å². The molecule has 3 rings (SSSR count). The van der Waals surface area contributed by atoms with Gasteiger partial charge in [0.1, 0.15) is 5.82 Å². The summed E-state index contributed by atoms with van der Waals surface area (Å²) in [6.45, 7) is 1.79. The van der Waals surface area contributed by atoms with Crippen LogP contribution in [0.3, 0.4) is 0 Å². The number of pyridine rings is 1. The maximum Gasteiger partial charge on any atom is 0.171 e. The minimum absolute atomic E-state index is 0.102. The van der Waals surface area contributed by atoms with Crippen molar-refractivity contribution in [2.75, 3.05) is 0 Å². The fourth-order valence-electron chi connectivity index (χ4n) is 2.31. The van der Waals surface area contributed by atoms with Gasteiger partial charge >= 0.3 is 0 Å². The van der Waals surface area contributed by atoms with Crippen LogP contribution in [0.5, 0.6) is 0 Å². The molecular formula is C18H14FNO. The molecule has 2 aromatic carbocycles. The van der Waals surface area contributed by atoms with Crippen molar-refractivity contribution >= 4 is 16.7 Å². The molecule has 21 heavy (non-hydrogen) atoms. The first-order chi connectivity index (χ1) is 10.1. The maximum absolute atomic E-state index is 13.8. The summed E-state index contributed by atoms with van der Waals surface area (Å²) in [4.78, 5) is 16.6. The minimum Gasteiger partial charge on any atom is -0.294 e. The van der Waals surface area contributed by atoms with E-state index in [0.717, 1.165) is 16.5 Å². The zero-order valence-electron chi connectivity index (χ0n) is 11.6. The molecule has 0 atom stereocenters. The van der Waals surface area contributed by atoms with E-state index in [1.54, 1.807) is 13.0 Å². The number of aromatic nitrogens is 1. The van der Waals surface area contributed by atoms with Crippen LogP contribution in [0.2, 0.25) is 0 Å². The van der Waals surface area contributed by atoms with Crippen LogP contribution in [0.15, 0.2) is 54.6 Å². The predicted molar refractivity (Wildman–Crippen MR) is 80.9 cm³/mol. The average molecular weight is 279 g/mol. The summed E-state index contributed by atoms with van der Waals surface area (Å²) in [5.74, 6) is -0.726. The molecule has 0 aliphatic rings. The van der Waals surface area contributed by atoms with Crippen molar-refractivity contribution in [3.8, 4) is 0 Å². The lowest BCUT2D eigenvalue weighted by atomic mass is 10.0. The van der Waals surface area contributed by atoms with Crippen LogP contribution in [0.25, 0.3) is 10.9 Å². The third-order valence-corrected chi connectivity index (χ3v) is 3.42. The Kier molecular flexibility index (Phi) is 3.48. The molecule has 3 heteroatoms. The van der Waals surface area contributed by atoms with Gasteiger partial charge in [-0.2, -0.15) is 0 Å². The van der Waals surface area contributed by atoms with Gasteiger partial charge in [-0.15, -0.1) is 0 Å². The summed E-state index contributed by atoms with van der Waals surface area (Å²) in [7, 11) is 0. The zero-order chi connectivity index (χ0) is 14.8. The van der Waals surface area contributed by atoms with Gasteiger partial charge in [0.05, 0.1) is 17.5 Å². The fourth-order valence-corrected chi connectivity index (χ4v) is 2.31. The molecule has 0 unspecified atom stereocenters. The highest BCUT2D eigenvalue weighted by Crippen LogP contribution is 2.15. The molecule has 0 spiro atoms. The number of aryl methyl sites for hydroxylation is 1. The second-order valence-corrected chi connectivity index (χ2v) is 5.08. The van der Waals surface area contributed by atoms with Crippen LogP contribution < -0.4 is 0 Å². The van der Waals surface area contributed by atoms with Gasteiger partial charge in [0.2, 0.25) is 0 Å². The van der Waals surface area contributed by atoms with Crippen molar-refractivity contribution in [2.24, 2.45) is 0 Å². The second-order valence-electron chi connectivity index (χ2n) is 5.08. The summed E-state index contributed by atoms with van der Waals surface area (Å²) in [6, 6.07) is 16.1. The van der Waals surface area contributed by atoms with Crippen molar-refractivity contribution in [1.82, 2.24) is 4.98 Å². The molecule has 3 aromatic rings. The number of carbonyl (C=O) groups excluding carboxylic acids is 1. The number of hydrogen-bond acceptors (Lipinski definition) is 2. The van der Waals surface area contributed by atoms with E-state index < -0.39 is 5.82 Å². The Hall–Kier alpha value is -2.55. The highest BCUT2D eigenvalue weighted by Gasteiger charge is 2.13. The Bertz CT molecular complexity index is 826. The monoisotopic (exact) mass is 279 g/mol. The number of fused-ring (bicyclic) bond motifs is 1. The van der Waals surface area contributed by atoms with Crippen molar-refractivity contribution in [2.45, 2.75) is 13.3 Å². The molecule has 0 aliphatic carbocycles. The highest BCUT2D eigenvalue weighted by molar-refractivity contribution is 5.97. The number of nitrogens with zero attached hydrogens (tertiary/aromatic N) is 1. The van der Waals surface area contributed by atoms with Crippen LogP contribution in [-0.4, -0.2) is 10.8 Å². The molecule has 0 N–H and O–H groups in total. The van der Waals surface area contributed by atoms with Gasteiger partial charge in [-0.25, -0.2) is 4.39 Å². The van der Waals surface area contributed by atoms with Gasteiger partial charge in [0, 0.05) is 11.1 Å². The smallest absolute Gasteiger partial charge is 0.171 e. The molecule has 0 aliphatic heterocycles. The first-order valence-corrected chi connectivity index (χ1v) is 6.77. The third-order valence-electron chi connectivity index (χ3n) is 3.42. The van der Waals surface area contributed by atoms with Crippen LogP contribution in [0, 0.1) is 12.7 Å². The summed E-state index contributed by atoms with van der Waals surface area (Å²) in [5.41, 5.74) is 2.41. The number of rotatable bonds is 3. The lowest BCUT2D eigenvalue weighted by molar-refractivity contribution is 0.0988. The summed E-state index contributed by atoms with van der Waals surface area (Å²) in [6.07, 6.45) is 0.102. The Morgan fingerprint density at radius 3 is 2.71 bits per heavy atom. The predicted octanol–water partition coefficient (Wildman–Crippen LogP) is 4.11. The summed E-state index contributed by atoms with van der Waals surface area (Å²) in [5, 5.41) is 1.02. The second kappa shape index (κ2) is 5.44. The Labute approximate surface area is 122 Å². The minimum atomic E-state index is -0.471. The van der Waals surface area contributed by atoms with E-state index in [2.05, 4.69) is 4.98 Å². The van der Waals surface area contributed by atoms with E-state index in [4.69, 9.17) is 0 Å². The van der Waals surface area contributed by atoms with Gasteiger partial charge in [-0.05, 0) is 36.8 Å². The van der Waals surface area contributed by atoms with Crippen LogP contribution in [0.4, 0.5) is 4.39 Å². The number of carbonyl (C=O) groups is 1. The maximum atomic E-state index is 13.8. The summed E-state index contributed by atoms with van der Waals surface area (Å²) < 4.78 is 13.8. The van der Waals surface area contributed by atoms with Crippen molar-refractivity contribution in [1.29, 1.82) is 0 Å². The van der Waals surface area contributed by atoms with Crippen LogP contribution in [-0.2, 0) is 6.42 Å². The molecule has 2 nitrogen and oxygen atoms in total. The molecule has 104 valence electrons. The Balaban J connectivity index is 1.89. The van der Waals surface area contributed by atoms with Crippen molar-refractivity contribution < 1.29 is 9.18 Å². The molecule has 0 fully saturated rings. The normalized spacial score (nSPS) is 10.8. The Morgan fingerprint density at radius 1 is 1.10 bits per heavy atom. The number of halogens is 1. The Morgan fingerprint density at radius 2 is 1.90 bits per heavy atom. The van der Waals surface area contributed by atoms with E-state index in [-0.39, 0.29) is 17.8 Å². The van der Waals surface area contributed by atoms with Gasteiger partial charge in [-0.3, -0.25) is 9.78 Å². The zero-order valence-corrected chi connectivity index (χ0v) is 11.6. The molecule has 0 saturated carbocycles. The lowest BCUT2D eigenvalue weighted by Gasteiger charge is -2.05. The SMILES string of the molecule is Cc1ccc(C(=O)Cc2ccc3ccccc3n2)c(F)c1. The van der Waals surface area contributed by atoms with Gasteiger partial charge in [0.15, 0.2) is 5.78 Å². The van der Waals surface area contributed by atoms with E-state index in [0.29, 0.717) is 5.69 Å². The van der Waals surface area contributed by atoms with Crippen LogP contribution >= 0.6 is 0 Å². The van der Waals surface area contributed by atoms with Crippen molar-refractivity contribution in [3.63, 3.8) is 0 Å². The highest BCUT2D eigenvalue weighted by atomic mass is 19.1. The molecule has 0 saturated heterocycles. The largest absolute Gasteiger partial charge is 0.294 e. The van der Waals surface area contributed by atoms with E-state index in [1.807, 2.05) is 36.4 Å². The first-order valence-electron chi connectivity index (χ1n) is 6.77.